The molecule has 14 heavy (non-hydrogen) atoms. The highest BCUT2D eigenvalue weighted by Crippen LogP contribution is 2.27. The van der Waals surface area contributed by atoms with Crippen LogP contribution in [0.5, 0.6) is 0 Å². The van der Waals surface area contributed by atoms with Crippen LogP contribution in [0, 0.1) is 5.92 Å². The van der Waals surface area contributed by atoms with Gasteiger partial charge in [-0.15, -0.1) is 0 Å². The van der Waals surface area contributed by atoms with E-state index in [1.54, 1.807) is 0 Å². The fourth-order valence-corrected chi connectivity index (χ4v) is 2.95. The van der Waals surface area contributed by atoms with Crippen LogP contribution in [0.3, 0.4) is 0 Å². The first kappa shape index (κ1) is 10.4. The molecule has 2 atom stereocenters. The summed E-state index contributed by atoms with van der Waals surface area (Å²) in [5.41, 5.74) is 0. The van der Waals surface area contributed by atoms with Gasteiger partial charge in [0.25, 0.3) is 0 Å². The summed E-state index contributed by atoms with van der Waals surface area (Å²) in [5.74, 6) is 0.973. The Morgan fingerprint density at radius 3 is 2.43 bits per heavy atom. The van der Waals surface area contributed by atoms with Crippen LogP contribution in [-0.4, -0.2) is 23.8 Å². The summed E-state index contributed by atoms with van der Waals surface area (Å²) in [6.45, 7) is 1.12. The lowest BCUT2D eigenvalue weighted by Crippen LogP contribution is -2.36. The monoisotopic (exact) mass is 197 g/mol. The Hall–Kier alpha value is -0.0800. The van der Waals surface area contributed by atoms with Gasteiger partial charge in [0, 0.05) is 6.04 Å². The predicted octanol–water partition coefficient (Wildman–Crippen LogP) is 2.07. The van der Waals surface area contributed by atoms with Crippen molar-refractivity contribution in [3.63, 3.8) is 0 Å². The van der Waals surface area contributed by atoms with E-state index in [-0.39, 0.29) is 6.10 Å². The van der Waals surface area contributed by atoms with Crippen molar-refractivity contribution in [2.45, 2.75) is 63.5 Å². The minimum Gasteiger partial charge on any atom is -0.392 e. The lowest BCUT2D eigenvalue weighted by molar-refractivity contribution is 0.148. The fraction of sp³-hybridized carbons (Fsp3) is 1.00. The average Bonchev–Trinajstić information content (AvgIpc) is 2.78. The number of rotatable bonds is 4. The van der Waals surface area contributed by atoms with Gasteiger partial charge in [-0.2, -0.15) is 0 Å². The van der Waals surface area contributed by atoms with E-state index in [2.05, 4.69) is 5.32 Å². The van der Waals surface area contributed by atoms with E-state index >= 15 is 0 Å². The lowest BCUT2D eigenvalue weighted by Gasteiger charge is -2.17. The molecule has 0 spiro atoms. The highest BCUT2D eigenvalue weighted by molar-refractivity contribution is 4.82. The zero-order valence-electron chi connectivity index (χ0n) is 9.04. The molecule has 0 unspecified atom stereocenters. The van der Waals surface area contributed by atoms with Crippen molar-refractivity contribution in [1.82, 2.24) is 5.32 Å². The van der Waals surface area contributed by atoms with E-state index in [0.29, 0.717) is 6.04 Å². The Labute approximate surface area is 87.1 Å². The second kappa shape index (κ2) is 5.13. The Balaban J connectivity index is 1.57. The summed E-state index contributed by atoms with van der Waals surface area (Å²) < 4.78 is 0. The lowest BCUT2D eigenvalue weighted by atomic mass is 10.0. The second-order valence-electron chi connectivity index (χ2n) is 5.00. The first-order valence-corrected chi connectivity index (χ1v) is 6.28. The maximum absolute atomic E-state index is 9.62. The molecule has 2 aliphatic rings. The van der Waals surface area contributed by atoms with Gasteiger partial charge in [-0.1, -0.05) is 25.7 Å². The molecule has 2 fully saturated rings. The molecule has 0 aromatic carbocycles. The summed E-state index contributed by atoms with van der Waals surface area (Å²) >= 11 is 0. The molecular formula is C12H23NO. The van der Waals surface area contributed by atoms with Gasteiger partial charge in [0.2, 0.25) is 0 Å². The minimum atomic E-state index is -0.0708. The van der Waals surface area contributed by atoms with E-state index < -0.39 is 0 Å². The molecule has 0 amide bonds. The maximum atomic E-state index is 9.62. The van der Waals surface area contributed by atoms with Gasteiger partial charge in [0.05, 0.1) is 6.10 Å². The quantitative estimate of drug-likeness (QED) is 0.723. The van der Waals surface area contributed by atoms with Gasteiger partial charge in [-0.05, 0) is 38.1 Å². The topological polar surface area (TPSA) is 32.3 Å². The van der Waals surface area contributed by atoms with Crippen molar-refractivity contribution in [2.75, 3.05) is 6.54 Å². The number of hydrogen-bond acceptors (Lipinski definition) is 2. The number of aliphatic hydroxyl groups excluding tert-OH is 1. The molecule has 0 aromatic heterocycles. The molecule has 0 saturated heterocycles. The molecule has 2 rings (SSSR count). The molecule has 2 N–H and O–H groups in total. The average molecular weight is 197 g/mol. The molecule has 82 valence electrons. The van der Waals surface area contributed by atoms with Crippen molar-refractivity contribution in [3.8, 4) is 0 Å². The van der Waals surface area contributed by atoms with Gasteiger partial charge >= 0.3 is 0 Å². The second-order valence-corrected chi connectivity index (χ2v) is 5.00. The van der Waals surface area contributed by atoms with Crippen LogP contribution in [0.1, 0.15) is 51.4 Å². The molecule has 2 nitrogen and oxygen atoms in total. The smallest absolute Gasteiger partial charge is 0.0693 e. The standard InChI is InChI=1S/C12H23NO/c14-12-7-3-6-11(12)13-9-8-10-4-1-2-5-10/h10-14H,1-9H2/t11-,12-/m1/s1. The maximum Gasteiger partial charge on any atom is 0.0693 e. The summed E-state index contributed by atoms with van der Waals surface area (Å²) in [7, 11) is 0. The third-order valence-electron chi connectivity index (χ3n) is 3.91. The van der Waals surface area contributed by atoms with Gasteiger partial charge in [0.15, 0.2) is 0 Å². The number of hydrogen-bond donors (Lipinski definition) is 2. The minimum absolute atomic E-state index is 0.0708. The van der Waals surface area contributed by atoms with Crippen LogP contribution in [-0.2, 0) is 0 Å². The van der Waals surface area contributed by atoms with Crippen molar-refractivity contribution < 1.29 is 5.11 Å². The molecule has 2 heteroatoms. The Bertz CT molecular complexity index is 166. The molecule has 0 aliphatic heterocycles. The summed E-state index contributed by atoms with van der Waals surface area (Å²) in [6, 6.07) is 0.399. The van der Waals surface area contributed by atoms with Crippen molar-refractivity contribution in [1.29, 1.82) is 0 Å². The first-order chi connectivity index (χ1) is 6.86. The van der Waals surface area contributed by atoms with E-state index in [9.17, 15) is 5.11 Å². The van der Waals surface area contributed by atoms with Crippen LogP contribution in [0.2, 0.25) is 0 Å². The number of aliphatic hydroxyl groups is 1. The summed E-state index contributed by atoms with van der Waals surface area (Å²) in [6.07, 6.45) is 10.4. The molecule has 0 bridgehead atoms. The Kier molecular flexibility index (Phi) is 3.82. The summed E-state index contributed by atoms with van der Waals surface area (Å²) in [4.78, 5) is 0. The van der Waals surface area contributed by atoms with E-state index in [1.165, 1.54) is 44.9 Å². The van der Waals surface area contributed by atoms with Crippen molar-refractivity contribution >= 4 is 0 Å². The summed E-state index contributed by atoms with van der Waals surface area (Å²) in [5, 5.41) is 13.1. The third kappa shape index (κ3) is 2.71. The largest absolute Gasteiger partial charge is 0.392 e. The first-order valence-electron chi connectivity index (χ1n) is 6.28. The molecule has 2 saturated carbocycles. The van der Waals surface area contributed by atoms with Crippen LogP contribution in [0.4, 0.5) is 0 Å². The highest BCUT2D eigenvalue weighted by atomic mass is 16.3. The van der Waals surface area contributed by atoms with E-state index in [0.717, 1.165) is 18.9 Å². The highest BCUT2D eigenvalue weighted by Gasteiger charge is 2.24. The van der Waals surface area contributed by atoms with Gasteiger partial charge in [-0.3, -0.25) is 0 Å². The zero-order valence-corrected chi connectivity index (χ0v) is 9.04. The molecule has 2 aliphatic carbocycles. The third-order valence-corrected chi connectivity index (χ3v) is 3.91. The molecule has 0 aromatic rings. The molecular weight excluding hydrogens is 174 g/mol. The van der Waals surface area contributed by atoms with Gasteiger partial charge in [-0.25, -0.2) is 0 Å². The Morgan fingerprint density at radius 1 is 1.00 bits per heavy atom. The normalized spacial score (nSPS) is 34.1. The van der Waals surface area contributed by atoms with E-state index in [4.69, 9.17) is 0 Å². The molecule has 0 heterocycles. The Morgan fingerprint density at radius 2 is 1.79 bits per heavy atom. The zero-order chi connectivity index (χ0) is 9.80. The fourth-order valence-electron chi connectivity index (χ4n) is 2.95. The van der Waals surface area contributed by atoms with Crippen LogP contribution >= 0.6 is 0 Å². The predicted molar refractivity (Wildman–Crippen MR) is 58.2 cm³/mol. The van der Waals surface area contributed by atoms with Crippen LogP contribution in [0.25, 0.3) is 0 Å². The number of nitrogens with one attached hydrogen (secondary N) is 1. The van der Waals surface area contributed by atoms with Crippen LogP contribution in [0.15, 0.2) is 0 Å². The SMILES string of the molecule is O[C@@H]1CCC[C@H]1NCCC1CCCC1. The van der Waals surface area contributed by atoms with Crippen molar-refractivity contribution in [3.05, 3.63) is 0 Å². The van der Waals surface area contributed by atoms with Crippen LogP contribution < -0.4 is 5.32 Å². The van der Waals surface area contributed by atoms with Crippen molar-refractivity contribution in [2.24, 2.45) is 5.92 Å². The van der Waals surface area contributed by atoms with Gasteiger partial charge < -0.3 is 10.4 Å². The van der Waals surface area contributed by atoms with E-state index in [1.807, 2.05) is 0 Å². The van der Waals surface area contributed by atoms with Gasteiger partial charge in [0.1, 0.15) is 0 Å². The molecule has 0 radical (unpaired) electrons.